The lowest BCUT2D eigenvalue weighted by molar-refractivity contribution is -0.137. The topological polar surface area (TPSA) is 107 Å². The minimum Gasteiger partial charge on any atom is -0.340 e. The van der Waals surface area contributed by atoms with Crippen LogP contribution in [0.4, 0.5) is 30.6 Å². The normalized spacial score (nSPS) is 21.0. The van der Waals surface area contributed by atoms with Gasteiger partial charge in [0, 0.05) is 19.0 Å². The van der Waals surface area contributed by atoms with Crippen molar-refractivity contribution >= 4 is 29.3 Å². The van der Waals surface area contributed by atoms with Crippen LogP contribution in [0.1, 0.15) is 49.7 Å². The molecule has 0 spiro atoms. The third-order valence-electron chi connectivity index (χ3n) is 5.82. The van der Waals surface area contributed by atoms with Crippen LogP contribution in [-0.4, -0.2) is 34.4 Å². The van der Waals surface area contributed by atoms with Gasteiger partial charge in [-0.1, -0.05) is 12.1 Å². The van der Waals surface area contributed by atoms with Crippen LogP contribution in [0.2, 0.25) is 0 Å². The molecule has 2 amide bonds. The van der Waals surface area contributed by atoms with Crippen molar-refractivity contribution in [2.45, 2.75) is 50.7 Å². The molecular formula is C21H22F3N5O3. The van der Waals surface area contributed by atoms with E-state index in [4.69, 9.17) is 0 Å². The van der Waals surface area contributed by atoms with Crippen LogP contribution in [0.25, 0.3) is 0 Å². The molecule has 0 aliphatic carbocycles. The average molecular weight is 449 g/mol. The third kappa shape index (κ3) is 4.19. The SMILES string of the molecule is C[C@@H]1CCCCN1c1nc2c(c(=O)[nH]1)[C@@H](C(=O)Nc1ccccc1C(F)(F)F)CC(=O)N2. The highest BCUT2D eigenvalue weighted by atomic mass is 19.4. The van der Waals surface area contributed by atoms with Crippen molar-refractivity contribution in [3.63, 3.8) is 0 Å². The van der Waals surface area contributed by atoms with Crippen LogP contribution in [0.15, 0.2) is 29.1 Å². The summed E-state index contributed by atoms with van der Waals surface area (Å²) in [7, 11) is 0. The fraction of sp³-hybridized carbons (Fsp3) is 0.429. The smallest absolute Gasteiger partial charge is 0.340 e. The Kier molecular flexibility index (Phi) is 5.66. The molecule has 1 aromatic carbocycles. The minimum absolute atomic E-state index is 0.0398. The predicted molar refractivity (Wildman–Crippen MR) is 112 cm³/mol. The Labute approximate surface area is 181 Å². The van der Waals surface area contributed by atoms with E-state index in [0.29, 0.717) is 12.5 Å². The Balaban J connectivity index is 1.67. The summed E-state index contributed by atoms with van der Waals surface area (Å²) in [4.78, 5) is 47.0. The Hall–Kier alpha value is -3.37. The molecule has 2 aliphatic rings. The molecule has 1 fully saturated rings. The molecule has 0 unspecified atom stereocenters. The molecule has 0 saturated carbocycles. The van der Waals surface area contributed by atoms with E-state index in [-0.39, 0.29) is 23.8 Å². The standard InChI is InChI=1S/C21H22F3N5O3/c1-11-6-4-5-9-29(11)20-27-17-16(19(32)28-20)12(10-15(30)26-17)18(31)25-14-8-3-2-7-13(14)21(22,23)24/h2-3,7-8,11-12H,4-6,9-10H2,1H3,(H,25,31)(H2,26,27,28,30,32)/t11-,12+/m1/s1. The van der Waals surface area contributed by atoms with Gasteiger partial charge in [-0.05, 0) is 38.3 Å². The first-order valence-electron chi connectivity index (χ1n) is 10.3. The van der Waals surface area contributed by atoms with Gasteiger partial charge in [0.15, 0.2) is 0 Å². The van der Waals surface area contributed by atoms with E-state index < -0.39 is 40.7 Å². The van der Waals surface area contributed by atoms with E-state index in [1.54, 1.807) is 0 Å². The number of carbonyl (C=O) groups excluding carboxylic acids is 2. The first-order chi connectivity index (χ1) is 15.1. The Morgan fingerprint density at radius 3 is 2.69 bits per heavy atom. The van der Waals surface area contributed by atoms with Gasteiger partial charge in [-0.25, -0.2) is 0 Å². The molecule has 3 heterocycles. The number of H-pyrrole nitrogens is 1. The molecule has 2 aliphatic heterocycles. The highest BCUT2D eigenvalue weighted by molar-refractivity contribution is 6.04. The van der Waals surface area contributed by atoms with Gasteiger partial charge in [0.25, 0.3) is 5.56 Å². The number of aromatic nitrogens is 2. The summed E-state index contributed by atoms with van der Waals surface area (Å²) >= 11 is 0. The van der Waals surface area contributed by atoms with E-state index in [1.165, 1.54) is 12.1 Å². The zero-order valence-electron chi connectivity index (χ0n) is 17.3. The number of nitrogens with one attached hydrogen (secondary N) is 3. The largest absolute Gasteiger partial charge is 0.418 e. The number of rotatable bonds is 3. The average Bonchev–Trinajstić information content (AvgIpc) is 2.72. The molecule has 0 radical (unpaired) electrons. The van der Waals surface area contributed by atoms with E-state index >= 15 is 0 Å². The van der Waals surface area contributed by atoms with Crippen LogP contribution in [0.5, 0.6) is 0 Å². The summed E-state index contributed by atoms with van der Waals surface area (Å²) in [6, 6.07) is 4.67. The van der Waals surface area contributed by atoms with Crippen LogP contribution in [0, 0.1) is 0 Å². The molecule has 4 rings (SSSR count). The summed E-state index contributed by atoms with van der Waals surface area (Å²) in [5, 5.41) is 4.75. The molecule has 11 heteroatoms. The molecule has 3 N–H and O–H groups in total. The van der Waals surface area contributed by atoms with Gasteiger partial charge in [0.1, 0.15) is 5.82 Å². The fourth-order valence-corrected chi connectivity index (χ4v) is 4.19. The predicted octanol–water partition coefficient (Wildman–Crippen LogP) is 3.23. The number of amides is 2. The van der Waals surface area contributed by atoms with E-state index in [1.807, 2.05) is 11.8 Å². The highest BCUT2D eigenvalue weighted by Gasteiger charge is 2.38. The van der Waals surface area contributed by atoms with Crippen molar-refractivity contribution in [3.8, 4) is 0 Å². The number of hydrogen-bond acceptors (Lipinski definition) is 5. The van der Waals surface area contributed by atoms with E-state index in [9.17, 15) is 27.6 Å². The number of benzene rings is 1. The maximum Gasteiger partial charge on any atom is 0.418 e. The van der Waals surface area contributed by atoms with Crippen molar-refractivity contribution in [1.29, 1.82) is 0 Å². The number of anilines is 3. The van der Waals surface area contributed by atoms with Crippen LogP contribution >= 0.6 is 0 Å². The van der Waals surface area contributed by atoms with Crippen molar-refractivity contribution < 1.29 is 22.8 Å². The van der Waals surface area contributed by atoms with Crippen molar-refractivity contribution in [1.82, 2.24) is 9.97 Å². The van der Waals surface area contributed by atoms with E-state index in [0.717, 1.165) is 31.4 Å². The summed E-state index contributed by atoms with van der Waals surface area (Å²) in [6.45, 7) is 2.69. The molecule has 2 aromatic rings. The second kappa shape index (κ2) is 8.29. The van der Waals surface area contributed by atoms with Crippen molar-refractivity contribution in [2.24, 2.45) is 0 Å². The number of para-hydroxylation sites is 1. The Bertz CT molecular complexity index is 1110. The lowest BCUT2D eigenvalue weighted by Gasteiger charge is -2.34. The maximum atomic E-state index is 13.3. The number of fused-ring (bicyclic) bond motifs is 1. The number of aromatic amines is 1. The zero-order chi connectivity index (χ0) is 23.0. The van der Waals surface area contributed by atoms with Crippen LogP contribution < -0.4 is 21.1 Å². The number of halogens is 3. The van der Waals surface area contributed by atoms with Crippen molar-refractivity contribution in [2.75, 3.05) is 22.1 Å². The Morgan fingerprint density at radius 2 is 1.97 bits per heavy atom. The lowest BCUT2D eigenvalue weighted by atomic mass is 9.92. The van der Waals surface area contributed by atoms with E-state index in [2.05, 4.69) is 20.6 Å². The van der Waals surface area contributed by atoms with Gasteiger partial charge in [0.2, 0.25) is 17.8 Å². The molecule has 1 aromatic heterocycles. The first-order valence-corrected chi connectivity index (χ1v) is 10.3. The zero-order valence-corrected chi connectivity index (χ0v) is 17.3. The van der Waals surface area contributed by atoms with Gasteiger partial charge in [-0.3, -0.25) is 19.4 Å². The maximum absolute atomic E-state index is 13.3. The summed E-state index contributed by atoms with van der Waals surface area (Å²) < 4.78 is 39.8. The Morgan fingerprint density at radius 1 is 1.22 bits per heavy atom. The lowest BCUT2D eigenvalue weighted by Crippen LogP contribution is -2.42. The number of alkyl halides is 3. The molecule has 32 heavy (non-hydrogen) atoms. The van der Waals surface area contributed by atoms with Crippen LogP contribution in [0.3, 0.4) is 0 Å². The molecule has 170 valence electrons. The van der Waals surface area contributed by atoms with Gasteiger partial charge < -0.3 is 15.5 Å². The highest BCUT2D eigenvalue weighted by Crippen LogP contribution is 2.36. The van der Waals surface area contributed by atoms with Gasteiger partial charge >= 0.3 is 6.18 Å². The van der Waals surface area contributed by atoms with Gasteiger partial charge in [0.05, 0.1) is 22.7 Å². The number of hydrogen-bond donors (Lipinski definition) is 3. The van der Waals surface area contributed by atoms with Gasteiger partial charge in [-0.15, -0.1) is 0 Å². The third-order valence-corrected chi connectivity index (χ3v) is 5.82. The quantitative estimate of drug-likeness (QED) is 0.667. The summed E-state index contributed by atoms with van der Waals surface area (Å²) in [6.07, 6.45) is -2.13. The minimum atomic E-state index is -4.68. The number of carbonyl (C=O) groups is 2. The molecule has 2 atom stereocenters. The fourth-order valence-electron chi connectivity index (χ4n) is 4.19. The molecule has 1 saturated heterocycles. The van der Waals surface area contributed by atoms with Crippen molar-refractivity contribution in [3.05, 3.63) is 45.7 Å². The molecule has 8 nitrogen and oxygen atoms in total. The molecular weight excluding hydrogens is 427 g/mol. The second-order valence-corrected chi connectivity index (χ2v) is 8.03. The van der Waals surface area contributed by atoms with Gasteiger partial charge in [-0.2, -0.15) is 18.2 Å². The first kappa shape index (κ1) is 21.8. The van der Waals surface area contributed by atoms with Crippen LogP contribution in [-0.2, 0) is 15.8 Å². The summed E-state index contributed by atoms with van der Waals surface area (Å²) in [5.74, 6) is -2.45. The number of piperidine rings is 1. The second-order valence-electron chi connectivity index (χ2n) is 8.03. The summed E-state index contributed by atoms with van der Waals surface area (Å²) in [5.41, 5.74) is -2.14. The monoisotopic (exact) mass is 449 g/mol. The molecule has 0 bridgehead atoms. The number of nitrogens with zero attached hydrogens (tertiary/aromatic N) is 2.